The first-order valence-corrected chi connectivity index (χ1v) is 20.8. The van der Waals surface area contributed by atoms with Crippen LogP contribution in [0.3, 0.4) is 0 Å². The van der Waals surface area contributed by atoms with E-state index in [1.165, 1.54) is 11.3 Å². The number of piperazine rings is 1. The molecule has 1 aromatic carbocycles. The Morgan fingerprint density at radius 3 is 2.31 bits per heavy atom. The fourth-order valence-corrected chi connectivity index (χ4v) is 8.80. The van der Waals surface area contributed by atoms with Gasteiger partial charge in [0.25, 0.3) is 11.8 Å². The van der Waals surface area contributed by atoms with Crippen molar-refractivity contribution in [2.75, 3.05) is 26.8 Å². The van der Waals surface area contributed by atoms with E-state index in [1.54, 1.807) is 64.6 Å². The zero-order valence-electron chi connectivity index (χ0n) is 34.9. The Morgan fingerprint density at radius 2 is 1.69 bits per heavy atom. The van der Waals surface area contributed by atoms with Gasteiger partial charge in [0.2, 0.25) is 0 Å². The predicted molar refractivity (Wildman–Crippen MR) is 215 cm³/mol. The third-order valence-corrected chi connectivity index (χ3v) is 11.7. The Hall–Kier alpha value is -4.51. The average Bonchev–Trinajstić information content (AvgIpc) is 3.77. The van der Waals surface area contributed by atoms with Crippen LogP contribution in [0.1, 0.15) is 93.9 Å². The van der Waals surface area contributed by atoms with E-state index >= 15 is 4.79 Å². The number of methoxy groups -OCH3 is 1. The van der Waals surface area contributed by atoms with Gasteiger partial charge in [-0.05, 0) is 96.9 Å². The summed E-state index contributed by atoms with van der Waals surface area (Å²) >= 11 is 7.36. The van der Waals surface area contributed by atoms with Gasteiger partial charge in [-0.25, -0.2) is 14.6 Å². The lowest BCUT2D eigenvalue weighted by Gasteiger charge is -2.51. The van der Waals surface area contributed by atoms with Gasteiger partial charge in [-0.3, -0.25) is 14.4 Å². The Morgan fingerprint density at radius 1 is 1.02 bits per heavy atom. The highest BCUT2D eigenvalue weighted by Gasteiger charge is 2.51. The normalized spacial score (nSPS) is 18.5. The van der Waals surface area contributed by atoms with Crippen LogP contribution in [0.2, 0.25) is 5.02 Å². The molecular weight excluding hydrogens is 813 g/mol. The molecule has 3 aromatic rings. The second-order valence-corrected chi connectivity index (χ2v) is 18.6. The molecule has 1 unspecified atom stereocenters. The molecule has 18 heteroatoms. The molecule has 2 bridgehead atoms. The Balaban J connectivity index is 1.36. The SMILES string of the molecule is COc1cccc(CN(C(=O)C2=C(c3cnc(CCCOc4nn(C)c(C(F)(F)F)c4Cl)s3)CC3CN(C(=O)OC(C)(C)C)C[C@H]2N3C(=O)OC(C)(C)C)C2CC2)c1C. The molecule has 0 N–H and O–H groups in total. The van der Waals surface area contributed by atoms with E-state index in [1.807, 2.05) is 30.0 Å². The van der Waals surface area contributed by atoms with Crippen LogP contribution in [0.5, 0.6) is 11.6 Å². The number of thiazole rings is 1. The molecule has 2 aliphatic heterocycles. The fraction of sp³-hybridized carbons (Fsp3) is 0.585. The van der Waals surface area contributed by atoms with Crippen molar-refractivity contribution in [3.05, 3.63) is 61.7 Å². The van der Waals surface area contributed by atoms with Gasteiger partial charge in [0.15, 0.2) is 5.69 Å². The minimum absolute atomic E-state index is 0.00105. The topological polar surface area (TPSA) is 129 Å². The number of fused-ring (bicyclic) bond motifs is 2. The maximum absolute atomic E-state index is 15.4. The molecule has 4 heterocycles. The lowest BCUT2D eigenvalue weighted by atomic mass is 9.83. The van der Waals surface area contributed by atoms with Crippen molar-refractivity contribution in [3.8, 4) is 11.6 Å². The first kappa shape index (κ1) is 44.1. The number of nitrogens with zero attached hydrogens (tertiary/aromatic N) is 6. The number of aryl methyl sites for hydroxylation is 2. The highest BCUT2D eigenvalue weighted by atomic mass is 35.5. The van der Waals surface area contributed by atoms with E-state index < -0.39 is 52.4 Å². The summed E-state index contributed by atoms with van der Waals surface area (Å²) in [5.74, 6) is 0.156. The van der Waals surface area contributed by atoms with E-state index in [2.05, 4.69) is 10.1 Å². The average molecular weight is 865 g/mol. The predicted octanol–water partition coefficient (Wildman–Crippen LogP) is 8.45. The molecule has 322 valence electrons. The van der Waals surface area contributed by atoms with Gasteiger partial charge in [0.1, 0.15) is 22.0 Å². The first-order chi connectivity index (χ1) is 27.6. The second kappa shape index (κ2) is 16.9. The summed E-state index contributed by atoms with van der Waals surface area (Å²) in [4.78, 5) is 53.6. The molecule has 0 spiro atoms. The quantitative estimate of drug-likeness (QED) is 0.175. The lowest BCUT2D eigenvalue weighted by Crippen LogP contribution is -2.66. The second-order valence-electron chi connectivity index (χ2n) is 17.1. The van der Waals surface area contributed by atoms with Gasteiger partial charge in [-0.15, -0.1) is 16.4 Å². The number of aromatic nitrogens is 3. The molecule has 6 rings (SSSR count). The highest BCUT2D eigenvalue weighted by Crippen LogP contribution is 2.44. The minimum atomic E-state index is -4.69. The number of alkyl halides is 3. The van der Waals surface area contributed by atoms with Crippen molar-refractivity contribution in [2.45, 2.75) is 123 Å². The molecule has 2 aromatic heterocycles. The smallest absolute Gasteiger partial charge is 0.434 e. The third kappa shape index (κ3) is 10.1. The highest BCUT2D eigenvalue weighted by molar-refractivity contribution is 7.12. The van der Waals surface area contributed by atoms with Gasteiger partial charge < -0.3 is 28.7 Å². The summed E-state index contributed by atoms with van der Waals surface area (Å²) in [5, 5.41) is 3.91. The van der Waals surface area contributed by atoms with Gasteiger partial charge >= 0.3 is 18.4 Å². The Kier molecular flexibility index (Phi) is 12.6. The van der Waals surface area contributed by atoms with Gasteiger partial charge in [-0.2, -0.15) is 13.2 Å². The number of carbonyl (C=O) groups excluding carboxylic acids is 3. The Bertz CT molecular complexity index is 2100. The zero-order chi connectivity index (χ0) is 43.2. The van der Waals surface area contributed by atoms with Crippen LogP contribution in [-0.2, 0) is 40.5 Å². The molecule has 3 aliphatic rings. The van der Waals surface area contributed by atoms with Crippen LogP contribution in [0, 0.1) is 6.92 Å². The molecule has 1 saturated heterocycles. The number of halogens is 4. The van der Waals surface area contributed by atoms with Crippen LogP contribution in [0.4, 0.5) is 22.8 Å². The molecule has 2 atom stereocenters. The summed E-state index contributed by atoms with van der Waals surface area (Å²) in [5.41, 5.74) is 0.273. The number of benzene rings is 1. The summed E-state index contributed by atoms with van der Waals surface area (Å²) in [6.45, 7) is 13.2. The van der Waals surface area contributed by atoms with E-state index in [0.29, 0.717) is 40.4 Å². The largest absolute Gasteiger partial charge is 0.496 e. The summed E-state index contributed by atoms with van der Waals surface area (Å²) in [7, 11) is 2.76. The molecule has 59 heavy (non-hydrogen) atoms. The maximum atomic E-state index is 15.4. The lowest BCUT2D eigenvalue weighted by molar-refractivity contribution is -0.143. The van der Waals surface area contributed by atoms with Crippen molar-refractivity contribution in [2.24, 2.45) is 7.05 Å². The molecule has 2 fully saturated rings. The number of rotatable bonds is 11. The van der Waals surface area contributed by atoms with Crippen LogP contribution in [-0.4, -0.2) is 104 Å². The van der Waals surface area contributed by atoms with Crippen molar-refractivity contribution in [3.63, 3.8) is 0 Å². The van der Waals surface area contributed by atoms with E-state index in [9.17, 15) is 22.8 Å². The van der Waals surface area contributed by atoms with Crippen LogP contribution in [0.15, 0.2) is 30.0 Å². The molecule has 1 saturated carbocycles. The number of carbonyl (C=O) groups is 3. The van der Waals surface area contributed by atoms with Crippen molar-refractivity contribution < 1.29 is 46.5 Å². The van der Waals surface area contributed by atoms with Crippen LogP contribution < -0.4 is 9.47 Å². The Labute approximate surface area is 351 Å². The molecule has 1 aliphatic carbocycles. The van der Waals surface area contributed by atoms with Crippen molar-refractivity contribution in [1.29, 1.82) is 0 Å². The number of hydrogen-bond donors (Lipinski definition) is 0. The molecular formula is C41H52ClF3N6O7S. The molecule has 0 radical (unpaired) electrons. The summed E-state index contributed by atoms with van der Waals surface area (Å²) in [6.07, 6.45) is -1.41. The van der Waals surface area contributed by atoms with Crippen molar-refractivity contribution in [1.82, 2.24) is 29.5 Å². The molecule has 3 amide bonds. The summed E-state index contributed by atoms with van der Waals surface area (Å²) in [6, 6.07) is 4.29. The number of ether oxygens (including phenoxy) is 4. The third-order valence-electron chi connectivity index (χ3n) is 10.2. The van der Waals surface area contributed by atoms with Crippen LogP contribution >= 0.6 is 22.9 Å². The maximum Gasteiger partial charge on any atom is 0.434 e. The van der Waals surface area contributed by atoms with Gasteiger partial charge in [0, 0.05) is 50.9 Å². The van der Waals surface area contributed by atoms with Gasteiger partial charge in [-0.1, -0.05) is 23.7 Å². The van der Waals surface area contributed by atoms with E-state index in [4.69, 9.17) is 30.5 Å². The zero-order valence-corrected chi connectivity index (χ0v) is 36.4. The van der Waals surface area contributed by atoms with E-state index in [-0.39, 0.29) is 43.9 Å². The summed E-state index contributed by atoms with van der Waals surface area (Å²) < 4.78 is 63.8. The van der Waals surface area contributed by atoms with E-state index in [0.717, 1.165) is 41.5 Å². The first-order valence-electron chi connectivity index (χ1n) is 19.6. The number of hydrogen-bond acceptors (Lipinski definition) is 10. The van der Waals surface area contributed by atoms with Crippen LogP contribution in [0.25, 0.3) is 5.57 Å². The monoisotopic (exact) mass is 864 g/mol. The molecule has 13 nitrogen and oxygen atoms in total. The standard InChI is InChI=1S/C41H52ClF3N6O7S/c1-23-24(12-10-13-29(23)55-9)20-50(25-15-16-25)36(52)32-27(30-19-46-31(59-30)14-11-17-56-35-33(42)34(41(43,44)45)48(8)47-35)18-26-21-49(37(53)57-39(2,3)4)22-28(32)51(26)38(54)58-40(5,6)7/h10,12-13,19,25-26,28H,11,14-18,20-22H2,1-9H3/t26?,28-/m1/s1. The van der Waals surface area contributed by atoms with Gasteiger partial charge in [0.05, 0.1) is 35.7 Å². The van der Waals surface area contributed by atoms with Crippen molar-refractivity contribution >= 4 is 46.6 Å². The minimum Gasteiger partial charge on any atom is -0.496 e. The number of amides is 3. The fourth-order valence-electron chi connectivity index (χ4n) is 7.45.